The number of ether oxygens (including phenoxy) is 1. The molecule has 0 radical (unpaired) electrons. The lowest BCUT2D eigenvalue weighted by Gasteiger charge is -2.33. The minimum Gasteiger partial charge on any atom is -0.381 e. The molecule has 3 rings (SSSR count). The summed E-state index contributed by atoms with van der Waals surface area (Å²) < 4.78 is 5.43. The van der Waals surface area contributed by atoms with Gasteiger partial charge in [0, 0.05) is 13.2 Å². The van der Waals surface area contributed by atoms with Crippen LogP contribution in [0.2, 0.25) is 0 Å². The van der Waals surface area contributed by atoms with Crippen LogP contribution in [0.15, 0.2) is 0 Å². The molecule has 3 aliphatic rings. The van der Waals surface area contributed by atoms with Gasteiger partial charge in [0.05, 0.1) is 6.61 Å². The van der Waals surface area contributed by atoms with Crippen molar-refractivity contribution in [2.24, 2.45) is 11.3 Å². The van der Waals surface area contributed by atoms with Crippen LogP contribution in [0.5, 0.6) is 0 Å². The van der Waals surface area contributed by atoms with E-state index in [1.807, 2.05) is 0 Å². The van der Waals surface area contributed by atoms with Crippen LogP contribution in [0.3, 0.4) is 0 Å². The quantitative estimate of drug-likeness (QED) is 0.667. The normalized spacial score (nSPS) is 36.4. The molecule has 0 amide bonds. The molecule has 80 valence electrons. The summed E-state index contributed by atoms with van der Waals surface area (Å²) in [5.41, 5.74) is 0.836. The Morgan fingerprint density at radius 3 is 2.50 bits per heavy atom. The molecule has 2 nitrogen and oxygen atoms in total. The summed E-state index contributed by atoms with van der Waals surface area (Å²) >= 11 is 0. The second-order valence-corrected chi connectivity index (χ2v) is 5.53. The molecule has 1 spiro atoms. The SMILES string of the molecule is C1C[C@H](CN2CCC3(CC2)CC3)CO1. The Morgan fingerprint density at radius 2 is 1.93 bits per heavy atom. The second kappa shape index (κ2) is 3.49. The molecule has 3 fully saturated rings. The predicted octanol–water partition coefficient (Wildman–Crippen LogP) is 1.90. The van der Waals surface area contributed by atoms with E-state index in [2.05, 4.69) is 4.90 Å². The summed E-state index contributed by atoms with van der Waals surface area (Å²) in [7, 11) is 0. The van der Waals surface area contributed by atoms with Crippen molar-refractivity contribution in [3.63, 3.8) is 0 Å². The van der Waals surface area contributed by atoms with Gasteiger partial charge < -0.3 is 9.64 Å². The van der Waals surface area contributed by atoms with Crippen molar-refractivity contribution >= 4 is 0 Å². The zero-order valence-electron chi connectivity index (χ0n) is 9.00. The lowest BCUT2D eigenvalue weighted by Crippen LogP contribution is -2.37. The Kier molecular flexibility index (Phi) is 2.29. The molecule has 2 heteroatoms. The summed E-state index contributed by atoms with van der Waals surface area (Å²) in [5, 5.41) is 0. The van der Waals surface area contributed by atoms with Crippen LogP contribution in [0, 0.1) is 11.3 Å². The van der Waals surface area contributed by atoms with Crippen molar-refractivity contribution in [3.05, 3.63) is 0 Å². The van der Waals surface area contributed by atoms with Crippen LogP contribution in [0.4, 0.5) is 0 Å². The van der Waals surface area contributed by atoms with Crippen molar-refractivity contribution in [2.75, 3.05) is 32.8 Å². The van der Waals surface area contributed by atoms with Gasteiger partial charge in [-0.2, -0.15) is 0 Å². The van der Waals surface area contributed by atoms with Crippen molar-refractivity contribution in [3.8, 4) is 0 Å². The first-order valence-corrected chi connectivity index (χ1v) is 6.16. The molecule has 0 aromatic carbocycles. The number of rotatable bonds is 2. The fourth-order valence-corrected chi connectivity index (χ4v) is 2.98. The third-order valence-electron chi connectivity index (χ3n) is 4.41. The Balaban J connectivity index is 1.45. The van der Waals surface area contributed by atoms with Gasteiger partial charge in [-0.05, 0) is 56.5 Å². The molecule has 2 aliphatic heterocycles. The van der Waals surface area contributed by atoms with Gasteiger partial charge in [0.1, 0.15) is 0 Å². The topological polar surface area (TPSA) is 12.5 Å². The van der Waals surface area contributed by atoms with Gasteiger partial charge in [-0.15, -0.1) is 0 Å². The largest absolute Gasteiger partial charge is 0.381 e. The predicted molar refractivity (Wildman–Crippen MR) is 56.3 cm³/mol. The maximum Gasteiger partial charge on any atom is 0.0507 e. The van der Waals surface area contributed by atoms with Gasteiger partial charge in [0.2, 0.25) is 0 Å². The molecular weight excluding hydrogens is 174 g/mol. The standard InChI is InChI=1S/C12H21NO/c1-8-14-10-11(1)9-13-6-4-12(2-3-12)5-7-13/h11H,1-10H2/t11-/m1/s1. The fourth-order valence-electron chi connectivity index (χ4n) is 2.98. The molecule has 2 heterocycles. The Morgan fingerprint density at radius 1 is 1.14 bits per heavy atom. The molecule has 2 saturated heterocycles. The first-order valence-electron chi connectivity index (χ1n) is 6.16. The van der Waals surface area contributed by atoms with E-state index in [-0.39, 0.29) is 0 Å². The zero-order valence-corrected chi connectivity index (χ0v) is 9.00. The third kappa shape index (κ3) is 1.82. The van der Waals surface area contributed by atoms with Crippen LogP contribution >= 0.6 is 0 Å². The highest BCUT2D eigenvalue weighted by atomic mass is 16.5. The smallest absolute Gasteiger partial charge is 0.0507 e. The lowest BCUT2D eigenvalue weighted by molar-refractivity contribution is 0.135. The minimum atomic E-state index is 0.836. The third-order valence-corrected chi connectivity index (χ3v) is 4.41. The van der Waals surface area contributed by atoms with E-state index < -0.39 is 0 Å². The lowest BCUT2D eigenvalue weighted by atomic mass is 9.93. The van der Waals surface area contributed by atoms with Gasteiger partial charge in [0.25, 0.3) is 0 Å². The first-order chi connectivity index (χ1) is 6.86. The molecule has 1 atom stereocenters. The highest BCUT2D eigenvalue weighted by molar-refractivity contribution is 4.96. The summed E-state index contributed by atoms with van der Waals surface area (Å²) in [6.45, 7) is 6.03. The van der Waals surface area contributed by atoms with Gasteiger partial charge in [-0.1, -0.05) is 0 Å². The zero-order chi connectivity index (χ0) is 9.43. The van der Waals surface area contributed by atoms with E-state index >= 15 is 0 Å². The van der Waals surface area contributed by atoms with Gasteiger partial charge in [0.15, 0.2) is 0 Å². The van der Waals surface area contributed by atoms with E-state index in [0.29, 0.717) is 0 Å². The highest BCUT2D eigenvalue weighted by Gasteiger charge is 2.44. The van der Waals surface area contributed by atoms with Crippen molar-refractivity contribution in [2.45, 2.75) is 32.1 Å². The number of likely N-dealkylation sites (tertiary alicyclic amines) is 1. The number of hydrogen-bond donors (Lipinski definition) is 0. The van der Waals surface area contributed by atoms with E-state index in [1.54, 1.807) is 0 Å². The average Bonchev–Trinajstić information content (AvgIpc) is 2.77. The fraction of sp³-hybridized carbons (Fsp3) is 1.00. The molecule has 0 bridgehead atoms. The Hall–Kier alpha value is -0.0800. The van der Waals surface area contributed by atoms with Crippen LogP contribution in [0.25, 0.3) is 0 Å². The van der Waals surface area contributed by atoms with Crippen LogP contribution < -0.4 is 0 Å². The van der Waals surface area contributed by atoms with Gasteiger partial charge >= 0.3 is 0 Å². The van der Waals surface area contributed by atoms with Crippen LogP contribution in [-0.4, -0.2) is 37.7 Å². The maximum atomic E-state index is 5.43. The summed E-state index contributed by atoms with van der Waals surface area (Å²) in [4.78, 5) is 2.67. The average molecular weight is 195 g/mol. The Labute approximate surface area is 86.6 Å². The number of piperidine rings is 1. The second-order valence-electron chi connectivity index (χ2n) is 5.53. The summed E-state index contributed by atoms with van der Waals surface area (Å²) in [5.74, 6) is 0.836. The van der Waals surface area contributed by atoms with Gasteiger partial charge in [-0.3, -0.25) is 0 Å². The maximum absolute atomic E-state index is 5.43. The van der Waals surface area contributed by atoms with E-state index in [4.69, 9.17) is 4.74 Å². The number of hydrogen-bond acceptors (Lipinski definition) is 2. The molecule has 1 aliphatic carbocycles. The van der Waals surface area contributed by atoms with Gasteiger partial charge in [-0.25, -0.2) is 0 Å². The Bertz CT molecular complexity index is 196. The van der Waals surface area contributed by atoms with E-state index in [0.717, 1.165) is 24.5 Å². The van der Waals surface area contributed by atoms with Crippen molar-refractivity contribution < 1.29 is 4.74 Å². The molecule has 14 heavy (non-hydrogen) atoms. The molecule has 0 aromatic rings. The van der Waals surface area contributed by atoms with Crippen LogP contribution in [0.1, 0.15) is 32.1 Å². The van der Waals surface area contributed by atoms with Crippen molar-refractivity contribution in [1.82, 2.24) is 4.90 Å². The molecular formula is C12H21NO. The molecule has 1 saturated carbocycles. The van der Waals surface area contributed by atoms with Crippen molar-refractivity contribution in [1.29, 1.82) is 0 Å². The highest BCUT2D eigenvalue weighted by Crippen LogP contribution is 2.53. The molecule has 0 N–H and O–H groups in total. The van der Waals surface area contributed by atoms with Crippen LogP contribution in [-0.2, 0) is 4.74 Å². The summed E-state index contributed by atoms with van der Waals surface area (Å²) in [6, 6.07) is 0. The van der Waals surface area contributed by atoms with E-state index in [1.165, 1.54) is 51.7 Å². The molecule has 0 unspecified atom stereocenters. The minimum absolute atomic E-state index is 0.836. The first kappa shape index (κ1) is 9.17. The summed E-state index contributed by atoms with van der Waals surface area (Å²) in [6.07, 6.45) is 7.28. The number of nitrogens with zero attached hydrogens (tertiary/aromatic N) is 1. The molecule has 0 aromatic heterocycles. The monoisotopic (exact) mass is 195 g/mol. The van der Waals surface area contributed by atoms with E-state index in [9.17, 15) is 0 Å².